The lowest BCUT2D eigenvalue weighted by atomic mass is 9.92. The van der Waals surface area contributed by atoms with Crippen molar-refractivity contribution in [1.82, 2.24) is 15.3 Å². The minimum absolute atomic E-state index is 0.0616. The molecule has 0 bridgehead atoms. The Morgan fingerprint density at radius 1 is 1.22 bits per heavy atom. The summed E-state index contributed by atoms with van der Waals surface area (Å²) >= 11 is 5.86. The summed E-state index contributed by atoms with van der Waals surface area (Å²) in [6.45, 7) is -0.552. The van der Waals surface area contributed by atoms with E-state index in [1.807, 2.05) is 5.32 Å². The van der Waals surface area contributed by atoms with Gasteiger partial charge in [0.25, 0.3) is 5.91 Å². The normalized spacial score (nSPS) is 14.9. The first kappa shape index (κ1) is 19.3. The molecule has 1 aromatic heterocycles. The van der Waals surface area contributed by atoms with E-state index in [0.717, 1.165) is 18.4 Å². The van der Waals surface area contributed by atoms with Crippen molar-refractivity contribution in [3.8, 4) is 0 Å². The van der Waals surface area contributed by atoms with Gasteiger partial charge in [-0.15, -0.1) is 0 Å². The first-order valence-corrected chi connectivity index (χ1v) is 8.54. The van der Waals surface area contributed by atoms with Crippen LogP contribution in [-0.4, -0.2) is 34.6 Å². The Kier molecular flexibility index (Phi) is 5.46. The summed E-state index contributed by atoms with van der Waals surface area (Å²) in [5, 5.41) is 1.90. The van der Waals surface area contributed by atoms with Crippen LogP contribution in [0.1, 0.15) is 34.6 Å². The predicted molar refractivity (Wildman–Crippen MR) is 91.4 cm³/mol. The molecule has 1 aliphatic rings. The molecule has 1 aliphatic carbocycles. The lowest BCUT2D eigenvalue weighted by Gasteiger charge is -2.15. The van der Waals surface area contributed by atoms with Gasteiger partial charge in [-0.1, -0.05) is 17.7 Å². The number of ketones is 1. The Labute approximate surface area is 158 Å². The molecule has 5 nitrogen and oxygen atoms in total. The summed E-state index contributed by atoms with van der Waals surface area (Å²) < 4.78 is 37.6. The van der Waals surface area contributed by atoms with E-state index < -0.39 is 30.5 Å². The summed E-state index contributed by atoms with van der Waals surface area (Å²) in [5.41, 5.74) is 0.823. The molecule has 0 radical (unpaired) electrons. The molecule has 1 saturated carbocycles. The van der Waals surface area contributed by atoms with Gasteiger partial charge in [0, 0.05) is 24.2 Å². The number of carbonyl (C=O) groups excluding carboxylic acids is 2. The summed E-state index contributed by atoms with van der Waals surface area (Å²) in [7, 11) is 0. The third-order valence-corrected chi connectivity index (χ3v) is 4.82. The third-order valence-electron chi connectivity index (χ3n) is 4.53. The van der Waals surface area contributed by atoms with E-state index in [2.05, 4.69) is 9.97 Å². The standard InChI is InChI=1S/C18H15ClF3N3O2/c19-12-5-11(1-2-13(12)20)18(3-4-18)6-15-23-7-10(8-24-15)14(26)9-25-17(27)16(21)22/h1-2,5,7-8,16H,3-4,6,9H2,(H,25,27). The van der Waals surface area contributed by atoms with Crippen molar-refractivity contribution >= 4 is 23.3 Å². The number of nitrogens with one attached hydrogen (secondary N) is 1. The van der Waals surface area contributed by atoms with E-state index in [4.69, 9.17) is 11.6 Å². The molecule has 0 atom stereocenters. The van der Waals surface area contributed by atoms with Gasteiger partial charge in [0.1, 0.15) is 11.6 Å². The van der Waals surface area contributed by atoms with Gasteiger partial charge in [0.05, 0.1) is 17.1 Å². The summed E-state index contributed by atoms with van der Waals surface area (Å²) in [6.07, 6.45) is 1.70. The van der Waals surface area contributed by atoms with Gasteiger partial charge in [-0.25, -0.2) is 14.4 Å². The number of carbonyl (C=O) groups is 2. The highest BCUT2D eigenvalue weighted by Crippen LogP contribution is 2.50. The van der Waals surface area contributed by atoms with Crippen LogP contribution >= 0.6 is 11.6 Å². The number of Topliss-reactive ketones (excluding diaryl/α,β-unsaturated/α-hetero) is 1. The molecule has 0 spiro atoms. The second-order valence-corrected chi connectivity index (χ2v) is 6.82. The van der Waals surface area contributed by atoms with Gasteiger partial charge in [0.15, 0.2) is 5.78 Å². The number of benzene rings is 1. The maximum absolute atomic E-state index is 13.4. The molecule has 27 heavy (non-hydrogen) atoms. The highest BCUT2D eigenvalue weighted by atomic mass is 35.5. The van der Waals surface area contributed by atoms with Crippen LogP contribution in [0, 0.1) is 5.82 Å². The number of alkyl halides is 2. The SMILES string of the molecule is O=C(CNC(=O)C(F)F)c1cnc(CC2(c3ccc(F)c(Cl)c3)CC2)nc1. The fraction of sp³-hybridized carbons (Fsp3) is 0.333. The molecular weight excluding hydrogens is 383 g/mol. The molecule has 142 valence electrons. The molecule has 9 heteroatoms. The molecule has 1 aromatic carbocycles. The minimum Gasteiger partial charge on any atom is -0.344 e. The lowest BCUT2D eigenvalue weighted by Crippen LogP contribution is -2.34. The summed E-state index contributed by atoms with van der Waals surface area (Å²) in [5.74, 6) is -2.05. The number of hydrogen-bond donors (Lipinski definition) is 1. The predicted octanol–water partition coefficient (Wildman–Crippen LogP) is 3.11. The number of nitrogens with zero attached hydrogens (tertiary/aromatic N) is 2. The van der Waals surface area contributed by atoms with E-state index in [-0.39, 0.29) is 16.0 Å². The second kappa shape index (κ2) is 7.64. The highest BCUT2D eigenvalue weighted by Gasteiger charge is 2.45. The number of halogens is 4. The molecule has 1 N–H and O–H groups in total. The zero-order valence-corrected chi connectivity index (χ0v) is 14.8. The van der Waals surface area contributed by atoms with Crippen molar-refractivity contribution in [3.63, 3.8) is 0 Å². The van der Waals surface area contributed by atoms with Gasteiger partial charge < -0.3 is 5.32 Å². The topological polar surface area (TPSA) is 72.0 Å². The van der Waals surface area contributed by atoms with Gasteiger partial charge in [-0.2, -0.15) is 8.78 Å². The van der Waals surface area contributed by atoms with Crippen LogP contribution in [0.4, 0.5) is 13.2 Å². The van der Waals surface area contributed by atoms with Gasteiger partial charge >= 0.3 is 6.43 Å². The fourth-order valence-electron chi connectivity index (χ4n) is 2.78. The van der Waals surface area contributed by atoms with Crippen LogP contribution in [0.15, 0.2) is 30.6 Å². The fourth-order valence-corrected chi connectivity index (χ4v) is 2.96. The maximum atomic E-state index is 13.4. The van der Waals surface area contributed by atoms with Crippen LogP contribution in [0.3, 0.4) is 0 Å². The molecule has 0 unspecified atom stereocenters. The first-order valence-electron chi connectivity index (χ1n) is 8.16. The van der Waals surface area contributed by atoms with Crippen molar-refractivity contribution < 1.29 is 22.8 Å². The average molecular weight is 398 g/mol. The Bertz CT molecular complexity index is 871. The van der Waals surface area contributed by atoms with E-state index in [1.165, 1.54) is 18.5 Å². The van der Waals surface area contributed by atoms with Gasteiger partial charge in [0.2, 0.25) is 0 Å². The molecule has 1 fully saturated rings. The van der Waals surface area contributed by atoms with Crippen molar-refractivity contribution in [1.29, 1.82) is 0 Å². The lowest BCUT2D eigenvalue weighted by molar-refractivity contribution is -0.131. The molecule has 3 rings (SSSR count). The molecule has 1 heterocycles. The van der Waals surface area contributed by atoms with E-state index in [9.17, 15) is 22.8 Å². The molecule has 1 amide bonds. The van der Waals surface area contributed by atoms with Gasteiger partial charge in [-0.05, 0) is 30.5 Å². The zero-order chi connectivity index (χ0) is 19.6. The maximum Gasteiger partial charge on any atom is 0.315 e. The molecular formula is C18H15ClF3N3O2. The Hall–Kier alpha value is -2.48. The second-order valence-electron chi connectivity index (χ2n) is 6.42. The van der Waals surface area contributed by atoms with Crippen molar-refractivity contribution in [2.24, 2.45) is 0 Å². The third kappa shape index (κ3) is 4.44. The largest absolute Gasteiger partial charge is 0.344 e. The Balaban J connectivity index is 1.64. The molecule has 0 saturated heterocycles. The minimum atomic E-state index is -3.17. The number of amides is 1. The van der Waals surface area contributed by atoms with Crippen LogP contribution in [0.5, 0.6) is 0 Å². The first-order chi connectivity index (χ1) is 12.8. The highest BCUT2D eigenvalue weighted by molar-refractivity contribution is 6.30. The Morgan fingerprint density at radius 2 is 1.89 bits per heavy atom. The number of rotatable bonds is 7. The van der Waals surface area contributed by atoms with E-state index in [1.54, 1.807) is 12.1 Å². The number of aromatic nitrogens is 2. The van der Waals surface area contributed by atoms with Crippen molar-refractivity contribution in [2.45, 2.75) is 31.1 Å². The smallest absolute Gasteiger partial charge is 0.315 e. The van der Waals surface area contributed by atoms with Crippen LogP contribution in [0.2, 0.25) is 5.02 Å². The van der Waals surface area contributed by atoms with Crippen LogP contribution in [-0.2, 0) is 16.6 Å². The summed E-state index contributed by atoms with van der Waals surface area (Å²) in [6, 6.07) is 4.62. The van der Waals surface area contributed by atoms with Crippen molar-refractivity contribution in [2.75, 3.05) is 6.54 Å². The Morgan fingerprint density at radius 3 is 2.44 bits per heavy atom. The molecule has 2 aromatic rings. The average Bonchev–Trinajstić information content (AvgIpc) is 3.42. The van der Waals surface area contributed by atoms with Crippen molar-refractivity contribution in [3.05, 3.63) is 58.4 Å². The monoisotopic (exact) mass is 397 g/mol. The van der Waals surface area contributed by atoms with Crippen LogP contribution in [0.25, 0.3) is 0 Å². The van der Waals surface area contributed by atoms with E-state index in [0.29, 0.717) is 12.2 Å². The zero-order valence-electron chi connectivity index (χ0n) is 14.0. The van der Waals surface area contributed by atoms with Crippen LogP contribution < -0.4 is 5.32 Å². The summed E-state index contributed by atoms with van der Waals surface area (Å²) in [4.78, 5) is 31.0. The molecule has 0 aliphatic heterocycles. The van der Waals surface area contributed by atoms with E-state index >= 15 is 0 Å². The quantitative estimate of drug-likeness (QED) is 0.729. The number of hydrogen-bond acceptors (Lipinski definition) is 4. The van der Waals surface area contributed by atoms with Gasteiger partial charge in [-0.3, -0.25) is 9.59 Å².